The molecule has 0 aliphatic rings. The zero-order valence-corrected chi connectivity index (χ0v) is 10.9. The summed E-state index contributed by atoms with van der Waals surface area (Å²) in [6, 6.07) is 8.18. The van der Waals surface area contributed by atoms with Crippen molar-refractivity contribution in [1.82, 2.24) is 15.3 Å². The lowest BCUT2D eigenvalue weighted by Crippen LogP contribution is -2.24. The van der Waals surface area contributed by atoms with E-state index in [0.29, 0.717) is 0 Å². The van der Waals surface area contributed by atoms with Crippen molar-refractivity contribution in [2.75, 3.05) is 6.54 Å². The molecule has 0 aromatic carbocycles. The van der Waals surface area contributed by atoms with Crippen molar-refractivity contribution in [3.63, 3.8) is 0 Å². The quantitative estimate of drug-likeness (QED) is 0.874. The molecular weight excluding hydrogens is 222 g/mol. The fourth-order valence-corrected chi connectivity index (χ4v) is 1.99. The largest absolute Gasteiger partial charge is 0.305 e. The van der Waals surface area contributed by atoms with Gasteiger partial charge in [0.25, 0.3) is 0 Å². The molecule has 0 aliphatic heterocycles. The summed E-state index contributed by atoms with van der Waals surface area (Å²) in [5.74, 6) is 0. The van der Waals surface area contributed by atoms with Crippen molar-refractivity contribution in [2.24, 2.45) is 0 Å². The van der Waals surface area contributed by atoms with E-state index in [1.807, 2.05) is 36.8 Å². The fourth-order valence-electron chi connectivity index (χ4n) is 1.99. The molecule has 2 rings (SSSR count). The van der Waals surface area contributed by atoms with Gasteiger partial charge in [0, 0.05) is 18.6 Å². The number of nitrogens with zero attached hydrogens (tertiary/aromatic N) is 2. The van der Waals surface area contributed by atoms with Crippen LogP contribution in [0.5, 0.6) is 0 Å². The van der Waals surface area contributed by atoms with Crippen molar-refractivity contribution >= 4 is 0 Å². The Morgan fingerprint density at radius 3 is 2.78 bits per heavy atom. The van der Waals surface area contributed by atoms with Crippen LogP contribution in [-0.4, -0.2) is 16.5 Å². The predicted octanol–water partition coefficient (Wildman–Crippen LogP) is 2.87. The highest BCUT2D eigenvalue weighted by atomic mass is 14.9. The van der Waals surface area contributed by atoms with Crippen molar-refractivity contribution < 1.29 is 0 Å². The summed E-state index contributed by atoms with van der Waals surface area (Å²) in [5.41, 5.74) is 3.48. The minimum atomic E-state index is 0.125. The van der Waals surface area contributed by atoms with Crippen LogP contribution in [0.25, 0.3) is 0 Å². The number of pyridine rings is 2. The first-order valence-electron chi connectivity index (χ1n) is 6.37. The molecule has 94 valence electrons. The van der Waals surface area contributed by atoms with E-state index in [-0.39, 0.29) is 6.04 Å². The van der Waals surface area contributed by atoms with E-state index in [1.54, 1.807) is 0 Å². The van der Waals surface area contributed by atoms with Gasteiger partial charge in [-0.05, 0) is 49.2 Å². The van der Waals surface area contributed by atoms with Gasteiger partial charge in [-0.15, -0.1) is 0 Å². The summed E-state index contributed by atoms with van der Waals surface area (Å²) in [7, 11) is 0. The van der Waals surface area contributed by atoms with Crippen LogP contribution >= 0.6 is 0 Å². The van der Waals surface area contributed by atoms with Crippen LogP contribution in [0.3, 0.4) is 0 Å². The third-order valence-electron chi connectivity index (χ3n) is 2.97. The molecule has 2 aromatic heterocycles. The Morgan fingerprint density at radius 1 is 1.22 bits per heavy atom. The van der Waals surface area contributed by atoms with Gasteiger partial charge >= 0.3 is 0 Å². The number of aryl methyl sites for hydroxylation is 1. The van der Waals surface area contributed by atoms with Crippen LogP contribution in [0.4, 0.5) is 0 Å². The molecule has 0 saturated heterocycles. The molecule has 0 spiro atoms. The van der Waals surface area contributed by atoms with Crippen molar-refractivity contribution in [3.8, 4) is 0 Å². The van der Waals surface area contributed by atoms with E-state index >= 15 is 0 Å². The van der Waals surface area contributed by atoms with Crippen LogP contribution < -0.4 is 5.32 Å². The highest BCUT2D eigenvalue weighted by molar-refractivity contribution is 5.31. The Morgan fingerprint density at radius 2 is 2.11 bits per heavy atom. The number of hydrogen-bond donors (Lipinski definition) is 1. The molecule has 18 heavy (non-hydrogen) atoms. The molecule has 1 N–H and O–H groups in total. The van der Waals surface area contributed by atoms with Gasteiger partial charge in [-0.25, -0.2) is 0 Å². The van der Waals surface area contributed by atoms with E-state index in [2.05, 4.69) is 35.2 Å². The van der Waals surface area contributed by atoms with Gasteiger partial charge in [-0.2, -0.15) is 0 Å². The smallest absolute Gasteiger partial charge is 0.0768 e. The first-order chi connectivity index (χ1) is 8.83. The monoisotopic (exact) mass is 241 g/mol. The van der Waals surface area contributed by atoms with Crippen molar-refractivity contribution in [2.45, 2.75) is 26.3 Å². The number of nitrogens with one attached hydrogen (secondary N) is 1. The average molecular weight is 241 g/mol. The molecule has 0 aliphatic carbocycles. The second-order valence-electron chi connectivity index (χ2n) is 4.37. The van der Waals surface area contributed by atoms with Crippen molar-refractivity contribution in [1.29, 1.82) is 0 Å². The van der Waals surface area contributed by atoms with Gasteiger partial charge < -0.3 is 5.32 Å². The zero-order chi connectivity index (χ0) is 12.8. The molecule has 0 fully saturated rings. The molecule has 0 saturated carbocycles. The Bertz CT molecular complexity index is 482. The average Bonchev–Trinajstić information content (AvgIpc) is 2.42. The molecule has 0 radical (unpaired) electrons. The van der Waals surface area contributed by atoms with E-state index in [0.717, 1.165) is 18.7 Å². The minimum absolute atomic E-state index is 0.125. The first kappa shape index (κ1) is 12.7. The standard InChI is InChI=1S/C15H19N3/c1-3-8-18-15(14-6-4-5-9-17-14)13-11-16-10-7-12(13)2/h4-7,9-11,15,18H,3,8H2,1-2H3. The van der Waals surface area contributed by atoms with Gasteiger partial charge in [0.1, 0.15) is 0 Å². The van der Waals surface area contributed by atoms with Crippen LogP contribution in [0.2, 0.25) is 0 Å². The second kappa shape index (κ2) is 6.26. The van der Waals surface area contributed by atoms with E-state index in [9.17, 15) is 0 Å². The molecule has 2 aromatic rings. The highest BCUT2D eigenvalue weighted by Gasteiger charge is 2.16. The fraction of sp³-hybridized carbons (Fsp3) is 0.333. The number of rotatable bonds is 5. The summed E-state index contributed by atoms with van der Waals surface area (Å²) in [5, 5.41) is 3.54. The summed E-state index contributed by atoms with van der Waals surface area (Å²) in [4.78, 5) is 8.69. The predicted molar refractivity (Wildman–Crippen MR) is 73.3 cm³/mol. The third kappa shape index (κ3) is 2.93. The SMILES string of the molecule is CCCNC(c1ccccn1)c1cnccc1C. The number of hydrogen-bond acceptors (Lipinski definition) is 3. The first-order valence-corrected chi connectivity index (χ1v) is 6.37. The normalized spacial score (nSPS) is 12.3. The Balaban J connectivity index is 2.34. The number of aromatic nitrogens is 2. The maximum absolute atomic E-state index is 4.46. The topological polar surface area (TPSA) is 37.8 Å². The van der Waals surface area contributed by atoms with Gasteiger partial charge in [0.05, 0.1) is 11.7 Å². The van der Waals surface area contributed by atoms with Crippen LogP contribution in [0, 0.1) is 6.92 Å². The van der Waals surface area contributed by atoms with E-state index < -0.39 is 0 Å². The van der Waals surface area contributed by atoms with Gasteiger partial charge in [-0.1, -0.05) is 13.0 Å². The summed E-state index contributed by atoms with van der Waals surface area (Å²) in [6.45, 7) is 5.24. The van der Waals surface area contributed by atoms with Crippen molar-refractivity contribution in [3.05, 3.63) is 59.7 Å². The van der Waals surface area contributed by atoms with Gasteiger partial charge in [-0.3, -0.25) is 9.97 Å². The highest BCUT2D eigenvalue weighted by Crippen LogP contribution is 2.22. The zero-order valence-electron chi connectivity index (χ0n) is 10.9. The molecule has 1 atom stereocenters. The van der Waals surface area contributed by atoms with E-state index in [4.69, 9.17) is 0 Å². The van der Waals surface area contributed by atoms with Gasteiger partial charge in [0.15, 0.2) is 0 Å². The lowest BCUT2D eigenvalue weighted by Gasteiger charge is -2.19. The molecule has 3 nitrogen and oxygen atoms in total. The summed E-state index contributed by atoms with van der Waals surface area (Å²) in [6.07, 6.45) is 6.69. The Hall–Kier alpha value is -1.74. The maximum atomic E-state index is 4.46. The molecule has 2 heterocycles. The minimum Gasteiger partial charge on any atom is -0.305 e. The Labute approximate surface area is 108 Å². The summed E-state index contributed by atoms with van der Waals surface area (Å²) >= 11 is 0. The maximum Gasteiger partial charge on any atom is 0.0768 e. The van der Waals surface area contributed by atoms with Crippen LogP contribution in [0.1, 0.15) is 36.2 Å². The summed E-state index contributed by atoms with van der Waals surface area (Å²) < 4.78 is 0. The molecule has 0 bridgehead atoms. The van der Waals surface area contributed by atoms with E-state index in [1.165, 1.54) is 11.1 Å². The van der Waals surface area contributed by atoms with Crippen LogP contribution in [-0.2, 0) is 0 Å². The molecular formula is C15H19N3. The van der Waals surface area contributed by atoms with Gasteiger partial charge in [0.2, 0.25) is 0 Å². The third-order valence-corrected chi connectivity index (χ3v) is 2.97. The molecule has 1 unspecified atom stereocenters. The lowest BCUT2D eigenvalue weighted by molar-refractivity contribution is 0.582. The lowest BCUT2D eigenvalue weighted by atomic mass is 10.0. The van der Waals surface area contributed by atoms with Crippen LogP contribution in [0.15, 0.2) is 42.9 Å². The Kier molecular flexibility index (Phi) is 4.42. The molecule has 3 heteroatoms. The molecule has 0 amide bonds. The second-order valence-corrected chi connectivity index (χ2v) is 4.37.